The smallest absolute Gasteiger partial charge is 0.160 e. The van der Waals surface area contributed by atoms with Crippen molar-refractivity contribution >= 4 is 33.8 Å². The van der Waals surface area contributed by atoms with Crippen LogP contribution in [-0.4, -0.2) is 23.1 Å². The molecule has 2 N–H and O–H groups in total. The zero-order valence-electron chi connectivity index (χ0n) is 15.1. The Morgan fingerprint density at radius 3 is 2.79 bits per heavy atom. The van der Waals surface area contributed by atoms with Gasteiger partial charge in [0, 0.05) is 34.6 Å². The predicted octanol–water partition coefficient (Wildman–Crippen LogP) is 5.14. The van der Waals surface area contributed by atoms with Crippen LogP contribution in [0.1, 0.15) is 24.0 Å². The number of hydrogen-bond acceptors (Lipinski definition) is 3. The third kappa shape index (κ3) is 3.01. The molecule has 5 rings (SSSR count). The minimum atomic E-state index is -0.883. The molecule has 1 aliphatic carbocycles. The fraction of sp³-hybridized carbons (Fsp3) is 0.182. The molecule has 2 heterocycles. The first kappa shape index (κ1) is 16.9. The van der Waals surface area contributed by atoms with Crippen LogP contribution in [0.25, 0.3) is 16.6 Å². The van der Waals surface area contributed by atoms with Gasteiger partial charge in [0.05, 0.1) is 17.7 Å². The van der Waals surface area contributed by atoms with Crippen molar-refractivity contribution in [2.24, 2.45) is 15.9 Å². The van der Waals surface area contributed by atoms with Gasteiger partial charge in [0.15, 0.2) is 17.5 Å². The fourth-order valence-corrected chi connectivity index (χ4v) is 3.46. The minimum absolute atomic E-state index is 0.519. The summed E-state index contributed by atoms with van der Waals surface area (Å²) in [6.07, 6.45) is 4.11. The lowest BCUT2D eigenvalue weighted by Crippen LogP contribution is -2.02. The lowest BCUT2D eigenvalue weighted by Gasteiger charge is -2.10. The molecule has 6 heteroatoms. The molecular formula is C22H18F2N4. The first-order valence-corrected chi connectivity index (χ1v) is 9.23. The topological polar surface area (TPSA) is 52.5 Å². The molecule has 1 saturated carbocycles. The number of fused-ring (bicyclic) bond motifs is 1. The van der Waals surface area contributed by atoms with Crippen molar-refractivity contribution < 1.29 is 8.78 Å². The Kier molecular flexibility index (Phi) is 3.86. The fourth-order valence-electron chi connectivity index (χ4n) is 3.46. The highest BCUT2D eigenvalue weighted by molar-refractivity contribution is 6.13. The van der Waals surface area contributed by atoms with Crippen LogP contribution < -0.4 is 5.32 Å². The third-order valence-electron chi connectivity index (χ3n) is 5.17. The lowest BCUT2D eigenvalue weighted by atomic mass is 10.1. The molecule has 1 fully saturated rings. The largest absolute Gasteiger partial charge is 0.359 e. The Morgan fingerprint density at radius 2 is 1.96 bits per heavy atom. The van der Waals surface area contributed by atoms with Crippen LogP contribution in [0.3, 0.4) is 0 Å². The summed E-state index contributed by atoms with van der Waals surface area (Å²) in [6.45, 7) is 4.79. The maximum absolute atomic E-state index is 13.6. The second kappa shape index (κ2) is 6.41. The Balaban J connectivity index is 1.40. The highest BCUT2D eigenvalue weighted by Crippen LogP contribution is 2.33. The number of anilines is 1. The minimum Gasteiger partial charge on any atom is -0.359 e. The van der Waals surface area contributed by atoms with Gasteiger partial charge in [-0.1, -0.05) is 24.8 Å². The van der Waals surface area contributed by atoms with Gasteiger partial charge < -0.3 is 10.3 Å². The zero-order valence-corrected chi connectivity index (χ0v) is 15.1. The lowest BCUT2D eigenvalue weighted by molar-refractivity contribution is 0.511. The average molecular weight is 376 g/mol. The molecule has 0 spiro atoms. The second-order valence-corrected chi connectivity index (χ2v) is 7.22. The summed E-state index contributed by atoms with van der Waals surface area (Å²) in [4.78, 5) is 12.2. The Bertz CT molecular complexity index is 1170. The molecule has 140 valence electrons. The van der Waals surface area contributed by atoms with Gasteiger partial charge >= 0.3 is 0 Å². The van der Waals surface area contributed by atoms with Gasteiger partial charge in [-0.3, -0.25) is 4.99 Å². The average Bonchev–Trinajstić information content (AvgIpc) is 3.32. The van der Waals surface area contributed by atoms with Crippen LogP contribution in [0.4, 0.5) is 14.5 Å². The molecule has 3 aromatic rings. The van der Waals surface area contributed by atoms with E-state index in [0.29, 0.717) is 34.8 Å². The van der Waals surface area contributed by atoms with E-state index in [9.17, 15) is 8.78 Å². The van der Waals surface area contributed by atoms with Gasteiger partial charge in [-0.05, 0) is 36.5 Å². The van der Waals surface area contributed by atoms with Crippen molar-refractivity contribution in [2.75, 3.05) is 11.9 Å². The van der Waals surface area contributed by atoms with Crippen LogP contribution in [0.2, 0.25) is 0 Å². The van der Waals surface area contributed by atoms with Crippen molar-refractivity contribution in [1.29, 1.82) is 0 Å². The summed E-state index contributed by atoms with van der Waals surface area (Å²) in [5.74, 6) is -0.378. The number of aromatic nitrogens is 1. The Labute approximate surface area is 160 Å². The predicted molar refractivity (Wildman–Crippen MR) is 109 cm³/mol. The number of rotatable bonds is 5. The van der Waals surface area contributed by atoms with E-state index in [4.69, 9.17) is 0 Å². The number of hydrogen-bond donors (Lipinski definition) is 2. The van der Waals surface area contributed by atoms with E-state index in [-0.39, 0.29) is 0 Å². The first-order chi connectivity index (χ1) is 13.6. The van der Waals surface area contributed by atoms with Crippen LogP contribution >= 0.6 is 0 Å². The maximum Gasteiger partial charge on any atom is 0.160 e. The molecule has 0 radical (unpaired) electrons. The summed E-state index contributed by atoms with van der Waals surface area (Å²) in [5, 5.41) is 3.76. The quantitative estimate of drug-likeness (QED) is 0.636. The molecule has 2 aromatic carbocycles. The maximum atomic E-state index is 13.6. The normalized spacial score (nSPS) is 16.2. The monoisotopic (exact) mass is 376 g/mol. The number of nitrogens with zero attached hydrogens (tertiary/aromatic N) is 2. The van der Waals surface area contributed by atoms with Gasteiger partial charge in [0.2, 0.25) is 0 Å². The number of aliphatic imine (C=N–C) groups is 2. The zero-order chi connectivity index (χ0) is 19.3. The van der Waals surface area contributed by atoms with Crippen LogP contribution in [0, 0.1) is 17.6 Å². The van der Waals surface area contributed by atoms with E-state index in [0.717, 1.165) is 23.0 Å². The van der Waals surface area contributed by atoms with E-state index in [1.54, 1.807) is 6.20 Å². The second-order valence-electron chi connectivity index (χ2n) is 7.22. The number of halogens is 2. The SMILES string of the molecule is C=C(Nc1c[nH]c2cc(F)c(F)cc12)c1cccc(C2=NCC(C3CC3)=N2)c1. The van der Waals surface area contributed by atoms with E-state index in [1.165, 1.54) is 24.6 Å². The van der Waals surface area contributed by atoms with Crippen molar-refractivity contribution in [3.63, 3.8) is 0 Å². The molecule has 0 saturated heterocycles. The molecule has 1 aliphatic heterocycles. The molecule has 2 aliphatic rings. The number of aromatic amines is 1. The summed E-state index contributed by atoms with van der Waals surface area (Å²) >= 11 is 0. The Morgan fingerprint density at radius 1 is 1.14 bits per heavy atom. The van der Waals surface area contributed by atoms with Gasteiger partial charge in [-0.2, -0.15) is 0 Å². The third-order valence-corrected chi connectivity index (χ3v) is 5.17. The molecular weight excluding hydrogens is 358 g/mol. The van der Waals surface area contributed by atoms with Gasteiger partial charge in [0.25, 0.3) is 0 Å². The van der Waals surface area contributed by atoms with Gasteiger partial charge in [0.1, 0.15) is 0 Å². The van der Waals surface area contributed by atoms with E-state index in [1.807, 2.05) is 24.3 Å². The number of H-pyrrole nitrogens is 1. The van der Waals surface area contributed by atoms with Gasteiger partial charge in [-0.15, -0.1) is 0 Å². The van der Waals surface area contributed by atoms with Crippen LogP contribution in [0.15, 0.2) is 59.2 Å². The highest BCUT2D eigenvalue weighted by atomic mass is 19.2. The van der Waals surface area contributed by atoms with Crippen molar-refractivity contribution in [3.8, 4) is 0 Å². The molecule has 1 aromatic heterocycles. The first-order valence-electron chi connectivity index (χ1n) is 9.23. The van der Waals surface area contributed by atoms with Crippen molar-refractivity contribution in [1.82, 2.24) is 4.98 Å². The molecule has 0 bridgehead atoms. The highest BCUT2D eigenvalue weighted by Gasteiger charge is 2.29. The van der Waals surface area contributed by atoms with Crippen LogP contribution in [0.5, 0.6) is 0 Å². The van der Waals surface area contributed by atoms with E-state index >= 15 is 0 Å². The standard InChI is InChI=1S/C22H18F2N4/c1-12(27-21-11-25-19-9-18(24)17(23)8-16(19)21)14-3-2-4-15(7-14)22-26-10-20(28-22)13-5-6-13/h2-4,7-9,11,13,25,27H,1,5-6,10H2. The van der Waals surface area contributed by atoms with Crippen molar-refractivity contribution in [3.05, 3.63) is 71.9 Å². The molecule has 0 atom stereocenters. The summed E-state index contributed by atoms with van der Waals surface area (Å²) in [6, 6.07) is 10.2. The molecule has 0 unspecified atom stereocenters. The van der Waals surface area contributed by atoms with Gasteiger partial charge in [-0.25, -0.2) is 13.8 Å². The molecule has 28 heavy (non-hydrogen) atoms. The molecule has 0 amide bonds. The molecule has 4 nitrogen and oxygen atoms in total. The van der Waals surface area contributed by atoms with E-state index in [2.05, 4.69) is 26.9 Å². The van der Waals surface area contributed by atoms with E-state index < -0.39 is 11.6 Å². The summed E-state index contributed by atoms with van der Waals surface area (Å²) in [7, 11) is 0. The number of amidine groups is 1. The van der Waals surface area contributed by atoms with Crippen LogP contribution in [-0.2, 0) is 0 Å². The summed E-state index contributed by atoms with van der Waals surface area (Å²) < 4.78 is 27.0. The number of benzene rings is 2. The Hall–Kier alpha value is -3.28. The van der Waals surface area contributed by atoms with Crippen molar-refractivity contribution in [2.45, 2.75) is 12.8 Å². The number of nitrogens with one attached hydrogen (secondary N) is 2. The summed E-state index contributed by atoms with van der Waals surface area (Å²) in [5.41, 5.74) is 4.82.